The molecule has 160 valence electrons. The number of nitrogens with zero attached hydrogens (tertiary/aromatic N) is 2. The second-order valence-electron chi connectivity index (χ2n) is 10.4. The highest BCUT2D eigenvalue weighted by molar-refractivity contribution is 9.10. The van der Waals surface area contributed by atoms with E-state index in [1.807, 2.05) is 6.20 Å². The van der Waals surface area contributed by atoms with E-state index in [1.54, 1.807) is 0 Å². The van der Waals surface area contributed by atoms with Crippen LogP contribution in [0.15, 0.2) is 16.7 Å². The van der Waals surface area contributed by atoms with Crippen molar-refractivity contribution in [2.45, 2.75) is 83.7 Å². The Labute approximate surface area is 184 Å². The van der Waals surface area contributed by atoms with E-state index in [0.29, 0.717) is 11.8 Å². The molecule has 4 nitrogen and oxygen atoms in total. The molecule has 3 atom stereocenters. The Morgan fingerprint density at radius 3 is 2.72 bits per heavy atom. The van der Waals surface area contributed by atoms with Crippen molar-refractivity contribution in [3.8, 4) is 0 Å². The van der Waals surface area contributed by atoms with Gasteiger partial charge in [-0.25, -0.2) is 4.68 Å². The molecule has 2 aromatic rings. The molecule has 1 unspecified atom stereocenters. The van der Waals surface area contributed by atoms with Crippen LogP contribution < -0.4 is 0 Å². The summed E-state index contributed by atoms with van der Waals surface area (Å²) in [5, 5.41) is 6.17. The largest absolute Gasteiger partial charge is 0.417 e. The molecular formula is C23H35BrN2O2Si. The van der Waals surface area contributed by atoms with Crippen LogP contribution in [-0.4, -0.2) is 31.3 Å². The number of fused-ring (bicyclic) bond motifs is 1. The standard InChI is InChI=1S/C23H35BrN2O2Si/c1-15-11-19-18(13-25-26(19)20-9-7-8-10-27-20)22(24)21(15)17-12-16(17)14-28-29(5,6)23(2,3)4/h11,13,16-17,20H,7-10,12,14H2,1-6H3/t16-,17-,20?/m1/s1. The highest BCUT2D eigenvalue weighted by Gasteiger charge is 2.44. The minimum atomic E-state index is -1.68. The second kappa shape index (κ2) is 7.77. The van der Waals surface area contributed by atoms with Crippen molar-refractivity contribution in [3.05, 3.63) is 27.9 Å². The Hall–Kier alpha value is -0.693. The summed E-state index contributed by atoms with van der Waals surface area (Å²) in [7, 11) is -1.68. The summed E-state index contributed by atoms with van der Waals surface area (Å²) < 4.78 is 15.8. The third-order valence-electron chi connectivity index (χ3n) is 7.27. The summed E-state index contributed by atoms with van der Waals surface area (Å²) in [4.78, 5) is 0. The topological polar surface area (TPSA) is 36.3 Å². The molecule has 0 N–H and O–H groups in total. The average Bonchev–Trinajstić information content (AvgIpc) is 3.28. The summed E-state index contributed by atoms with van der Waals surface area (Å²) in [5.74, 6) is 1.22. The maximum atomic E-state index is 6.51. The van der Waals surface area contributed by atoms with Gasteiger partial charge in [0.25, 0.3) is 0 Å². The summed E-state index contributed by atoms with van der Waals surface area (Å²) >= 11 is 3.93. The van der Waals surface area contributed by atoms with Gasteiger partial charge in [0.1, 0.15) is 0 Å². The van der Waals surface area contributed by atoms with Crippen LogP contribution >= 0.6 is 15.9 Å². The Bertz CT molecular complexity index is 896. The molecule has 2 fully saturated rings. The van der Waals surface area contributed by atoms with Gasteiger partial charge in [0.05, 0.1) is 11.7 Å². The van der Waals surface area contributed by atoms with Crippen molar-refractivity contribution in [3.63, 3.8) is 0 Å². The van der Waals surface area contributed by atoms with Gasteiger partial charge in [-0.2, -0.15) is 5.10 Å². The van der Waals surface area contributed by atoms with Crippen molar-refractivity contribution >= 4 is 35.2 Å². The molecule has 4 rings (SSSR count). The first-order chi connectivity index (χ1) is 13.6. The first-order valence-corrected chi connectivity index (χ1v) is 14.7. The maximum absolute atomic E-state index is 6.51. The molecular weight excluding hydrogens is 444 g/mol. The van der Waals surface area contributed by atoms with E-state index in [1.165, 1.54) is 39.3 Å². The minimum Gasteiger partial charge on any atom is -0.417 e. The van der Waals surface area contributed by atoms with Gasteiger partial charge in [0, 0.05) is 23.1 Å². The van der Waals surface area contributed by atoms with Crippen LogP contribution in [0.5, 0.6) is 0 Å². The number of rotatable bonds is 5. The molecule has 1 saturated carbocycles. The zero-order valence-electron chi connectivity index (χ0n) is 18.7. The molecule has 1 aromatic heterocycles. The molecule has 0 spiro atoms. The van der Waals surface area contributed by atoms with E-state index < -0.39 is 8.32 Å². The fourth-order valence-corrected chi connectivity index (χ4v) is 6.18. The van der Waals surface area contributed by atoms with Crippen molar-refractivity contribution in [2.24, 2.45) is 5.92 Å². The van der Waals surface area contributed by atoms with Gasteiger partial charge in [-0.3, -0.25) is 0 Å². The molecule has 1 aliphatic heterocycles. The fraction of sp³-hybridized carbons (Fsp3) is 0.696. The molecule has 2 aliphatic rings. The van der Waals surface area contributed by atoms with Gasteiger partial charge < -0.3 is 9.16 Å². The van der Waals surface area contributed by atoms with Crippen molar-refractivity contribution < 1.29 is 9.16 Å². The smallest absolute Gasteiger partial charge is 0.191 e. The lowest BCUT2D eigenvalue weighted by Crippen LogP contribution is -2.41. The first-order valence-electron chi connectivity index (χ1n) is 11.0. The zero-order chi connectivity index (χ0) is 21.0. The van der Waals surface area contributed by atoms with Crippen molar-refractivity contribution in [2.75, 3.05) is 13.2 Å². The Kier molecular flexibility index (Phi) is 5.77. The second-order valence-corrected chi connectivity index (χ2v) is 16.0. The van der Waals surface area contributed by atoms with E-state index in [9.17, 15) is 0 Å². The van der Waals surface area contributed by atoms with Crippen LogP contribution in [0, 0.1) is 12.8 Å². The van der Waals surface area contributed by atoms with Crippen molar-refractivity contribution in [1.82, 2.24) is 9.78 Å². The number of ether oxygens (including phenoxy) is 1. The lowest BCUT2D eigenvalue weighted by molar-refractivity contribution is -0.0366. The van der Waals surface area contributed by atoms with Gasteiger partial charge in [-0.1, -0.05) is 20.8 Å². The highest BCUT2D eigenvalue weighted by atomic mass is 79.9. The highest BCUT2D eigenvalue weighted by Crippen LogP contribution is 2.53. The molecule has 1 saturated heterocycles. The Morgan fingerprint density at radius 2 is 2.07 bits per heavy atom. The SMILES string of the molecule is Cc1cc2c(cnn2C2CCCCO2)c(Br)c1[C@@H]1C[C@@H]1CO[Si](C)(C)C(C)(C)C. The van der Waals surface area contributed by atoms with E-state index in [-0.39, 0.29) is 11.3 Å². The third-order valence-corrected chi connectivity index (χ3v) is 12.6. The van der Waals surface area contributed by atoms with Gasteiger partial charge in [-0.05, 0) is 95.7 Å². The Balaban J connectivity index is 1.53. The molecule has 1 aromatic carbocycles. The van der Waals surface area contributed by atoms with E-state index in [0.717, 1.165) is 26.1 Å². The number of aryl methyl sites for hydroxylation is 1. The quantitative estimate of drug-likeness (QED) is 0.436. The minimum absolute atomic E-state index is 0.0741. The molecule has 29 heavy (non-hydrogen) atoms. The van der Waals surface area contributed by atoms with Crippen LogP contribution in [0.25, 0.3) is 10.9 Å². The molecule has 6 heteroatoms. The predicted molar refractivity (Wildman–Crippen MR) is 125 cm³/mol. The summed E-state index contributed by atoms with van der Waals surface area (Å²) in [6.07, 6.45) is 6.71. The number of aromatic nitrogens is 2. The number of hydrogen-bond donors (Lipinski definition) is 0. The van der Waals surface area contributed by atoms with Crippen molar-refractivity contribution in [1.29, 1.82) is 0 Å². The van der Waals surface area contributed by atoms with E-state index in [4.69, 9.17) is 14.3 Å². The summed E-state index contributed by atoms with van der Waals surface area (Å²) in [6.45, 7) is 15.6. The lowest BCUT2D eigenvalue weighted by Gasteiger charge is -2.36. The fourth-order valence-electron chi connectivity index (χ4n) is 4.20. The van der Waals surface area contributed by atoms with Crippen LogP contribution in [0.4, 0.5) is 0 Å². The molecule has 1 aliphatic carbocycles. The van der Waals surface area contributed by atoms with Gasteiger partial charge in [-0.15, -0.1) is 0 Å². The normalized spacial score (nSPS) is 25.6. The number of hydrogen-bond acceptors (Lipinski definition) is 3. The summed E-state index contributed by atoms with van der Waals surface area (Å²) in [5.41, 5.74) is 3.98. The summed E-state index contributed by atoms with van der Waals surface area (Å²) in [6, 6.07) is 2.31. The van der Waals surface area contributed by atoms with Gasteiger partial charge >= 0.3 is 0 Å². The molecule has 0 bridgehead atoms. The maximum Gasteiger partial charge on any atom is 0.191 e. The van der Waals surface area contributed by atoms with E-state index in [2.05, 4.69) is 67.5 Å². The molecule has 0 radical (unpaired) electrons. The monoisotopic (exact) mass is 478 g/mol. The predicted octanol–water partition coefficient (Wildman–Crippen LogP) is 6.93. The number of benzene rings is 1. The lowest BCUT2D eigenvalue weighted by atomic mass is 10.0. The van der Waals surface area contributed by atoms with Crippen LogP contribution in [0.1, 0.15) is 69.7 Å². The molecule has 2 heterocycles. The van der Waals surface area contributed by atoms with Crippen LogP contribution in [-0.2, 0) is 9.16 Å². The molecule has 0 amide bonds. The van der Waals surface area contributed by atoms with Gasteiger partial charge in [0.15, 0.2) is 14.5 Å². The first kappa shape index (κ1) is 21.5. The van der Waals surface area contributed by atoms with Gasteiger partial charge in [0.2, 0.25) is 0 Å². The van der Waals surface area contributed by atoms with Crippen LogP contribution in [0.2, 0.25) is 18.1 Å². The zero-order valence-corrected chi connectivity index (χ0v) is 21.3. The average molecular weight is 480 g/mol. The van der Waals surface area contributed by atoms with Crippen LogP contribution in [0.3, 0.4) is 0 Å². The van der Waals surface area contributed by atoms with E-state index >= 15 is 0 Å². The third kappa shape index (κ3) is 4.10. The number of halogens is 1. The Morgan fingerprint density at radius 1 is 1.31 bits per heavy atom.